The summed E-state index contributed by atoms with van der Waals surface area (Å²) in [5.41, 5.74) is 6.28. The van der Waals surface area contributed by atoms with Crippen LogP contribution in [-0.2, 0) is 22.4 Å². The van der Waals surface area contributed by atoms with Crippen molar-refractivity contribution >= 4 is 11.9 Å². The summed E-state index contributed by atoms with van der Waals surface area (Å²) in [6.07, 6.45) is 42.1. The van der Waals surface area contributed by atoms with Crippen LogP contribution in [0.5, 0.6) is 0 Å². The fraction of sp³-hybridized carbons (Fsp3) is 0.818. The van der Waals surface area contributed by atoms with Gasteiger partial charge in [-0.25, -0.2) is 0 Å². The highest BCUT2D eigenvalue weighted by Gasteiger charge is 2.08. The van der Waals surface area contributed by atoms with Crippen molar-refractivity contribution in [2.45, 2.75) is 232 Å². The van der Waals surface area contributed by atoms with Gasteiger partial charge in [0, 0.05) is 12.8 Å². The molecule has 0 heterocycles. The molecule has 278 valence electrons. The standard InChI is InChI=1S/C44H78O4/c1-39-37-38-41(33-29-25-21-17-13-9-5-3-7-11-15-19-23-27-31-35-43(45)46)40(2)42(39)34-30-26-22-18-14-10-6-4-8-12-16-20-24-28-32-36-44(47)48/h37-38H,3-36H2,1-2H3,(H,45,46)(H,47,48). The summed E-state index contributed by atoms with van der Waals surface area (Å²) in [7, 11) is 0. The molecular formula is C44H78O4. The van der Waals surface area contributed by atoms with E-state index < -0.39 is 11.9 Å². The quantitative estimate of drug-likeness (QED) is 0.0697. The molecule has 0 atom stereocenters. The second-order valence-corrected chi connectivity index (χ2v) is 15.0. The van der Waals surface area contributed by atoms with Gasteiger partial charge in [0.25, 0.3) is 0 Å². The van der Waals surface area contributed by atoms with Crippen LogP contribution in [0.3, 0.4) is 0 Å². The van der Waals surface area contributed by atoms with Gasteiger partial charge in [0.1, 0.15) is 0 Å². The highest BCUT2D eigenvalue weighted by molar-refractivity contribution is 5.66. The molecule has 0 aliphatic carbocycles. The molecule has 1 rings (SSSR count). The van der Waals surface area contributed by atoms with Crippen molar-refractivity contribution in [3.63, 3.8) is 0 Å². The first-order chi connectivity index (χ1) is 23.4. The maximum atomic E-state index is 10.5. The Bertz CT molecular complexity index is 907. The molecule has 0 bridgehead atoms. The maximum Gasteiger partial charge on any atom is 0.303 e. The summed E-state index contributed by atoms with van der Waals surface area (Å²) < 4.78 is 0. The molecule has 4 nitrogen and oxygen atoms in total. The minimum Gasteiger partial charge on any atom is -0.481 e. The third-order valence-corrected chi connectivity index (χ3v) is 10.6. The van der Waals surface area contributed by atoms with Gasteiger partial charge in [-0.2, -0.15) is 0 Å². The summed E-state index contributed by atoms with van der Waals surface area (Å²) in [6.45, 7) is 4.69. The molecule has 2 N–H and O–H groups in total. The van der Waals surface area contributed by atoms with Gasteiger partial charge < -0.3 is 10.2 Å². The molecule has 0 aliphatic heterocycles. The highest BCUT2D eigenvalue weighted by Crippen LogP contribution is 2.23. The monoisotopic (exact) mass is 671 g/mol. The Balaban J connectivity index is 1.95. The third kappa shape index (κ3) is 27.0. The fourth-order valence-corrected chi connectivity index (χ4v) is 7.36. The minimum atomic E-state index is -0.657. The van der Waals surface area contributed by atoms with Crippen molar-refractivity contribution < 1.29 is 19.8 Å². The second-order valence-electron chi connectivity index (χ2n) is 15.0. The van der Waals surface area contributed by atoms with Crippen LogP contribution in [0.2, 0.25) is 0 Å². The van der Waals surface area contributed by atoms with E-state index in [9.17, 15) is 9.59 Å². The predicted molar refractivity (Wildman–Crippen MR) is 206 cm³/mol. The average Bonchev–Trinajstić information content (AvgIpc) is 3.05. The van der Waals surface area contributed by atoms with E-state index >= 15 is 0 Å². The first-order valence-electron chi connectivity index (χ1n) is 20.9. The van der Waals surface area contributed by atoms with Crippen molar-refractivity contribution in [3.05, 3.63) is 34.4 Å². The van der Waals surface area contributed by atoms with Crippen LogP contribution >= 0.6 is 0 Å². The Morgan fingerprint density at radius 3 is 0.979 bits per heavy atom. The van der Waals surface area contributed by atoms with E-state index in [4.69, 9.17) is 10.2 Å². The molecule has 1 aromatic rings. The Kier molecular flexibility index (Phi) is 29.8. The smallest absolute Gasteiger partial charge is 0.303 e. The number of hydrogen-bond acceptors (Lipinski definition) is 2. The molecule has 0 saturated heterocycles. The van der Waals surface area contributed by atoms with E-state index in [-0.39, 0.29) is 0 Å². The molecule has 0 aliphatic rings. The van der Waals surface area contributed by atoms with E-state index in [1.54, 1.807) is 16.7 Å². The van der Waals surface area contributed by atoms with Crippen molar-refractivity contribution in [1.82, 2.24) is 0 Å². The summed E-state index contributed by atoms with van der Waals surface area (Å²) >= 11 is 0. The van der Waals surface area contributed by atoms with Crippen LogP contribution in [0.1, 0.15) is 228 Å². The van der Waals surface area contributed by atoms with E-state index in [2.05, 4.69) is 26.0 Å². The van der Waals surface area contributed by atoms with Gasteiger partial charge in [-0.1, -0.05) is 179 Å². The summed E-state index contributed by atoms with van der Waals surface area (Å²) in [4.78, 5) is 21.1. The number of rotatable bonds is 36. The van der Waals surface area contributed by atoms with Gasteiger partial charge in [-0.05, 0) is 74.6 Å². The Hall–Kier alpha value is -1.84. The zero-order valence-electron chi connectivity index (χ0n) is 31.9. The molecule has 0 spiro atoms. The van der Waals surface area contributed by atoms with Crippen LogP contribution < -0.4 is 0 Å². The first kappa shape index (κ1) is 44.2. The normalized spacial score (nSPS) is 11.4. The lowest BCUT2D eigenvalue weighted by atomic mass is 9.91. The SMILES string of the molecule is Cc1ccc(CCCCCCCCCCCCCCCCCC(=O)O)c(C)c1CCCCCCCCCCCCCCCCCC(=O)O. The Labute approximate surface area is 297 Å². The number of carbonyl (C=O) groups is 2. The lowest BCUT2D eigenvalue weighted by Gasteiger charge is -2.15. The van der Waals surface area contributed by atoms with Gasteiger partial charge in [0.05, 0.1) is 0 Å². The summed E-state index contributed by atoms with van der Waals surface area (Å²) in [5.74, 6) is -1.31. The number of aliphatic carboxylic acids is 2. The third-order valence-electron chi connectivity index (χ3n) is 10.6. The first-order valence-corrected chi connectivity index (χ1v) is 20.9. The van der Waals surface area contributed by atoms with Gasteiger partial charge in [0.15, 0.2) is 0 Å². The van der Waals surface area contributed by atoms with Crippen LogP contribution in [0, 0.1) is 13.8 Å². The van der Waals surface area contributed by atoms with Crippen molar-refractivity contribution in [2.24, 2.45) is 0 Å². The molecule has 0 saturated carbocycles. The maximum absolute atomic E-state index is 10.5. The Morgan fingerprint density at radius 2 is 0.667 bits per heavy atom. The topological polar surface area (TPSA) is 74.6 Å². The molecule has 48 heavy (non-hydrogen) atoms. The molecule has 0 fully saturated rings. The molecule has 4 heteroatoms. The van der Waals surface area contributed by atoms with Gasteiger partial charge in [0.2, 0.25) is 0 Å². The van der Waals surface area contributed by atoms with Crippen LogP contribution in [-0.4, -0.2) is 22.2 Å². The van der Waals surface area contributed by atoms with Crippen LogP contribution in [0.15, 0.2) is 12.1 Å². The number of unbranched alkanes of at least 4 members (excludes halogenated alkanes) is 28. The molecular weight excluding hydrogens is 592 g/mol. The van der Waals surface area contributed by atoms with Crippen molar-refractivity contribution in [2.75, 3.05) is 0 Å². The largest absolute Gasteiger partial charge is 0.481 e. The van der Waals surface area contributed by atoms with E-state index in [1.807, 2.05) is 0 Å². The zero-order valence-corrected chi connectivity index (χ0v) is 31.9. The predicted octanol–water partition coefficient (Wildman–Crippen LogP) is 14.0. The molecule has 0 amide bonds. The minimum absolute atomic E-state index is 0.334. The number of aryl methyl sites for hydroxylation is 2. The van der Waals surface area contributed by atoms with E-state index in [0.717, 1.165) is 25.7 Å². The molecule has 0 aromatic heterocycles. The lowest BCUT2D eigenvalue weighted by molar-refractivity contribution is -0.138. The molecule has 0 radical (unpaired) electrons. The summed E-state index contributed by atoms with van der Waals surface area (Å²) in [5, 5.41) is 17.4. The van der Waals surface area contributed by atoms with E-state index in [0.29, 0.717) is 12.8 Å². The number of benzene rings is 1. The number of carboxylic acid groups (broad SMARTS) is 2. The summed E-state index contributed by atoms with van der Waals surface area (Å²) in [6, 6.07) is 4.78. The molecule has 1 aromatic carbocycles. The van der Waals surface area contributed by atoms with Crippen molar-refractivity contribution in [1.29, 1.82) is 0 Å². The number of hydrogen-bond donors (Lipinski definition) is 2. The zero-order chi connectivity index (χ0) is 34.9. The molecule has 0 unspecified atom stereocenters. The average molecular weight is 671 g/mol. The van der Waals surface area contributed by atoms with Gasteiger partial charge in [-0.3, -0.25) is 9.59 Å². The van der Waals surface area contributed by atoms with E-state index in [1.165, 1.54) is 185 Å². The van der Waals surface area contributed by atoms with Crippen molar-refractivity contribution in [3.8, 4) is 0 Å². The van der Waals surface area contributed by atoms with Gasteiger partial charge in [-0.15, -0.1) is 0 Å². The Morgan fingerprint density at radius 1 is 0.396 bits per heavy atom. The van der Waals surface area contributed by atoms with Gasteiger partial charge >= 0.3 is 11.9 Å². The highest BCUT2D eigenvalue weighted by atomic mass is 16.4. The second kappa shape index (κ2) is 32.4. The van der Waals surface area contributed by atoms with Crippen LogP contribution in [0.4, 0.5) is 0 Å². The number of carboxylic acids is 2. The van der Waals surface area contributed by atoms with Crippen LogP contribution in [0.25, 0.3) is 0 Å². The lowest BCUT2D eigenvalue weighted by Crippen LogP contribution is -2.00. The fourth-order valence-electron chi connectivity index (χ4n) is 7.36.